The standard InChI is InChI=1S/C17H25NO2/c1-11-8-12(2)18(10-11)16-7-4-13-9-14(20-3)5-6-15(13)17(16)19/h5-6,9,11-12,16-17,19H,4,7-8,10H2,1-3H3. The van der Waals surface area contributed by atoms with Gasteiger partial charge in [0.2, 0.25) is 0 Å². The number of benzene rings is 1. The summed E-state index contributed by atoms with van der Waals surface area (Å²) < 4.78 is 5.28. The Morgan fingerprint density at radius 3 is 2.75 bits per heavy atom. The highest BCUT2D eigenvalue weighted by Gasteiger charge is 2.38. The van der Waals surface area contributed by atoms with Gasteiger partial charge in [-0.05, 0) is 55.4 Å². The van der Waals surface area contributed by atoms with Crippen LogP contribution in [-0.4, -0.2) is 35.7 Å². The van der Waals surface area contributed by atoms with E-state index in [4.69, 9.17) is 4.74 Å². The Morgan fingerprint density at radius 2 is 2.10 bits per heavy atom. The molecule has 1 heterocycles. The van der Waals surface area contributed by atoms with Crippen molar-refractivity contribution < 1.29 is 9.84 Å². The van der Waals surface area contributed by atoms with E-state index in [0.717, 1.165) is 36.6 Å². The smallest absolute Gasteiger partial charge is 0.119 e. The number of nitrogens with zero attached hydrogens (tertiary/aromatic N) is 1. The van der Waals surface area contributed by atoms with Gasteiger partial charge >= 0.3 is 0 Å². The predicted molar refractivity (Wildman–Crippen MR) is 80.0 cm³/mol. The highest BCUT2D eigenvalue weighted by molar-refractivity contribution is 5.39. The Morgan fingerprint density at radius 1 is 1.30 bits per heavy atom. The third-order valence-corrected chi connectivity index (χ3v) is 5.00. The molecular formula is C17H25NO2. The summed E-state index contributed by atoms with van der Waals surface area (Å²) in [6, 6.07) is 6.93. The molecule has 1 aromatic carbocycles. The van der Waals surface area contributed by atoms with Crippen molar-refractivity contribution >= 4 is 0 Å². The maximum atomic E-state index is 10.8. The van der Waals surface area contributed by atoms with Gasteiger partial charge in [-0.2, -0.15) is 0 Å². The third kappa shape index (κ3) is 2.33. The molecule has 3 heteroatoms. The Hall–Kier alpha value is -1.06. The Labute approximate surface area is 121 Å². The molecule has 0 saturated carbocycles. The van der Waals surface area contributed by atoms with E-state index >= 15 is 0 Å². The van der Waals surface area contributed by atoms with E-state index in [-0.39, 0.29) is 12.1 Å². The van der Waals surface area contributed by atoms with Gasteiger partial charge in [-0.1, -0.05) is 13.0 Å². The van der Waals surface area contributed by atoms with Crippen molar-refractivity contribution in [1.82, 2.24) is 4.90 Å². The molecule has 0 radical (unpaired) electrons. The number of ether oxygens (including phenoxy) is 1. The molecule has 1 aromatic rings. The summed E-state index contributed by atoms with van der Waals surface area (Å²) in [5.74, 6) is 1.63. The first-order valence-corrected chi connectivity index (χ1v) is 7.70. The molecule has 1 N–H and O–H groups in total. The van der Waals surface area contributed by atoms with E-state index < -0.39 is 0 Å². The zero-order chi connectivity index (χ0) is 14.3. The van der Waals surface area contributed by atoms with Crippen LogP contribution in [0.25, 0.3) is 0 Å². The molecule has 20 heavy (non-hydrogen) atoms. The summed E-state index contributed by atoms with van der Waals surface area (Å²) in [6.45, 7) is 5.72. The number of methoxy groups -OCH3 is 1. The molecule has 4 atom stereocenters. The van der Waals surface area contributed by atoms with E-state index in [1.165, 1.54) is 12.0 Å². The lowest BCUT2D eigenvalue weighted by atomic mass is 9.84. The van der Waals surface area contributed by atoms with Gasteiger partial charge in [0.15, 0.2) is 0 Å². The van der Waals surface area contributed by atoms with Crippen molar-refractivity contribution in [1.29, 1.82) is 0 Å². The zero-order valence-corrected chi connectivity index (χ0v) is 12.7. The first-order chi connectivity index (χ1) is 9.60. The van der Waals surface area contributed by atoms with Crippen molar-refractivity contribution in [2.24, 2.45) is 5.92 Å². The summed E-state index contributed by atoms with van der Waals surface area (Å²) in [7, 11) is 1.69. The quantitative estimate of drug-likeness (QED) is 0.901. The van der Waals surface area contributed by atoms with E-state index in [2.05, 4.69) is 24.8 Å². The maximum absolute atomic E-state index is 10.8. The first kappa shape index (κ1) is 13.9. The average molecular weight is 275 g/mol. The van der Waals surface area contributed by atoms with Gasteiger partial charge in [-0.3, -0.25) is 4.90 Å². The van der Waals surface area contributed by atoms with Crippen LogP contribution in [-0.2, 0) is 6.42 Å². The van der Waals surface area contributed by atoms with Crippen LogP contribution in [0.4, 0.5) is 0 Å². The van der Waals surface area contributed by atoms with Gasteiger partial charge in [-0.15, -0.1) is 0 Å². The molecule has 1 aliphatic carbocycles. The van der Waals surface area contributed by atoms with Crippen LogP contribution >= 0.6 is 0 Å². The molecule has 1 saturated heterocycles. The molecule has 0 aromatic heterocycles. The lowest BCUT2D eigenvalue weighted by Crippen LogP contribution is -2.44. The van der Waals surface area contributed by atoms with E-state index in [9.17, 15) is 5.11 Å². The Kier molecular flexibility index (Phi) is 3.74. The van der Waals surface area contributed by atoms with Gasteiger partial charge in [-0.25, -0.2) is 0 Å². The largest absolute Gasteiger partial charge is 0.497 e. The minimum absolute atomic E-state index is 0.274. The monoisotopic (exact) mass is 275 g/mol. The number of hydrogen-bond donors (Lipinski definition) is 1. The summed E-state index contributed by atoms with van der Waals surface area (Å²) in [6.07, 6.45) is 2.96. The fraction of sp³-hybridized carbons (Fsp3) is 0.647. The van der Waals surface area contributed by atoms with Crippen molar-refractivity contribution in [3.8, 4) is 5.75 Å². The third-order valence-electron chi connectivity index (χ3n) is 5.00. The second kappa shape index (κ2) is 5.38. The van der Waals surface area contributed by atoms with Crippen LogP contribution < -0.4 is 4.74 Å². The fourth-order valence-electron chi connectivity index (χ4n) is 4.02. The number of hydrogen-bond acceptors (Lipinski definition) is 3. The summed E-state index contributed by atoms with van der Waals surface area (Å²) >= 11 is 0. The topological polar surface area (TPSA) is 32.7 Å². The lowest BCUT2D eigenvalue weighted by molar-refractivity contribution is 0.0311. The molecule has 1 aliphatic heterocycles. The van der Waals surface area contributed by atoms with Crippen LogP contribution in [0.1, 0.15) is 43.9 Å². The number of aliphatic hydroxyl groups excluding tert-OH is 1. The molecule has 1 fully saturated rings. The molecule has 110 valence electrons. The summed E-state index contributed by atoms with van der Waals surface area (Å²) in [4.78, 5) is 2.52. The predicted octanol–water partition coefficient (Wildman–Crippen LogP) is 2.77. The molecule has 0 amide bonds. The second-order valence-electron chi connectivity index (χ2n) is 6.50. The SMILES string of the molecule is COc1ccc2c(c1)CCC(N1CC(C)CC1C)C2O. The van der Waals surface area contributed by atoms with Gasteiger partial charge < -0.3 is 9.84 Å². The highest BCUT2D eigenvalue weighted by atomic mass is 16.5. The average Bonchev–Trinajstić information content (AvgIpc) is 2.77. The minimum Gasteiger partial charge on any atom is -0.497 e. The number of fused-ring (bicyclic) bond motifs is 1. The Bertz CT molecular complexity index is 488. The molecule has 2 aliphatic rings. The zero-order valence-electron chi connectivity index (χ0n) is 12.7. The summed E-state index contributed by atoms with van der Waals surface area (Å²) in [5, 5.41) is 10.8. The van der Waals surface area contributed by atoms with E-state index in [1.807, 2.05) is 12.1 Å². The minimum atomic E-state index is -0.364. The summed E-state index contributed by atoms with van der Waals surface area (Å²) in [5.41, 5.74) is 2.34. The van der Waals surface area contributed by atoms with Crippen molar-refractivity contribution in [3.05, 3.63) is 29.3 Å². The van der Waals surface area contributed by atoms with Crippen molar-refractivity contribution in [3.63, 3.8) is 0 Å². The number of aryl methyl sites for hydroxylation is 1. The van der Waals surface area contributed by atoms with E-state index in [0.29, 0.717) is 6.04 Å². The van der Waals surface area contributed by atoms with E-state index in [1.54, 1.807) is 7.11 Å². The first-order valence-electron chi connectivity index (χ1n) is 7.70. The van der Waals surface area contributed by atoms with Gasteiger partial charge in [0, 0.05) is 18.6 Å². The molecular weight excluding hydrogens is 250 g/mol. The van der Waals surface area contributed by atoms with Crippen LogP contribution in [0.15, 0.2) is 18.2 Å². The van der Waals surface area contributed by atoms with Crippen molar-refractivity contribution in [2.75, 3.05) is 13.7 Å². The normalized spacial score (nSPS) is 34.0. The molecule has 3 nitrogen and oxygen atoms in total. The molecule has 3 rings (SSSR count). The van der Waals surface area contributed by atoms with Gasteiger partial charge in [0.05, 0.1) is 13.2 Å². The van der Waals surface area contributed by atoms with Crippen LogP contribution in [0.2, 0.25) is 0 Å². The maximum Gasteiger partial charge on any atom is 0.119 e. The van der Waals surface area contributed by atoms with Gasteiger partial charge in [0.1, 0.15) is 5.75 Å². The molecule has 0 spiro atoms. The number of likely N-dealkylation sites (tertiary alicyclic amines) is 1. The molecule has 4 unspecified atom stereocenters. The number of aliphatic hydroxyl groups is 1. The highest BCUT2D eigenvalue weighted by Crippen LogP contribution is 2.38. The van der Waals surface area contributed by atoms with Gasteiger partial charge in [0.25, 0.3) is 0 Å². The van der Waals surface area contributed by atoms with Crippen molar-refractivity contribution in [2.45, 2.75) is 51.3 Å². The van der Waals surface area contributed by atoms with Crippen LogP contribution in [0.5, 0.6) is 5.75 Å². The second-order valence-corrected chi connectivity index (χ2v) is 6.50. The van der Waals surface area contributed by atoms with Crippen LogP contribution in [0, 0.1) is 5.92 Å². The van der Waals surface area contributed by atoms with Crippen LogP contribution in [0.3, 0.4) is 0 Å². The lowest BCUT2D eigenvalue weighted by Gasteiger charge is -2.39. The fourth-order valence-corrected chi connectivity index (χ4v) is 4.02. The Balaban J connectivity index is 1.84. The number of rotatable bonds is 2. The molecule has 0 bridgehead atoms.